The van der Waals surface area contributed by atoms with E-state index in [9.17, 15) is 14.9 Å². The molecule has 0 saturated heterocycles. The largest absolute Gasteiger partial charge is 0.324 e. The third-order valence-corrected chi connectivity index (χ3v) is 4.38. The Balaban J connectivity index is 1.93. The Morgan fingerprint density at radius 3 is 2.75 bits per heavy atom. The molecule has 0 fully saturated rings. The number of hydrogen-bond donors (Lipinski definition) is 2. The van der Waals surface area contributed by atoms with Crippen LogP contribution < -0.4 is 10.2 Å². The van der Waals surface area contributed by atoms with Crippen molar-refractivity contribution in [3.05, 3.63) is 61.5 Å². The molecule has 0 aliphatic carbocycles. The number of aromatic amines is 1. The molecule has 8 nitrogen and oxygen atoms in total. The lowest BCUT2D eigenvalue weighted by Crippen LogP contribution is -1.99. The van der Waals surface area contributed by atoms with Gasteiger partial charge in [-0.15, -0.1) is 0 Å². The first-order valence-corrected chi connectivity index (χ1v) is 7.81. The van der Waals surface area contributed by atoms with Crippen LogP contribution in [-0.2, 0) is 0 Å². The van der Waals surface area contributed by atoms with Crippen molar-refractivity contribution in [1.29, 1.82) is 0 Å². The van der Waals surface area contributed by atoms with Gasteiger partial charge in [0.15, 0.2) is 0 Å². The van der Waals surface area contributed by atoms with E-state index in [1.165, 1.54) is 6.07 Å². The Morgan fingerprint density at radius 2 is 2.08 bits per heavy atom. The van der Waals surface area contributed by atoms with Crippen LogP contribution in [0.25, 0.3) is 10.6 Å². The molecule has 0 spiro atoms. The maximum Gasteiger partial charge on any atom is 0.305 e. The second kappa shape index (κ2) is 6.20. The average Bonchev–Trinajstić information content (AvgIpc) is 2.88. The van der Waals surface area contributed by atoms with Gasteiger partial charge in [0.1, 0.15) is 0 Å². The van der Waals surface area contributed by atoms with Crippen LogP contribution in [0.2, 0.25) is 0 Å². The number of nitrogens with zero attached hydrogens (tertiary/aromatic N) is 3. The van der Waals surface area contributed by atoms with Gasteiger partial charge in [-0.25, -0.2) is 9.97 Å². The number of nitrogens with one attached hydrogen (secondary N) is 2. The third kappa shape index (κ3) is 3.15. The molecular formula is C15H13N5O3S. The van der Waals surface area contributed by atoms with E-state index in [4.69, 9.17) is 0 Å². The van der Waals surface area contributed by atoms with Crippen LogP contribution in [0.3, 0.4) is 0 Å². The van der Waals surface area contributed by atoms with Gasteiger partial charge in [0.05, 0.1) is 15.5 Å². The van der Waals surface area contributed by atoms with Crippen molar-refractivity contribution >= 4 is 28.7 Å². The minimum absolute atomic E-state index is 0.0239. The Labute approximate surface area is 140 Å². The van der Waals surface area contributed by atoms with Crippen LogP contribution >= 0.6 is 11.3 Å². The lowest BCUT2D eigenvalue weighted by Gasteiger charge is -2.07. The SMILES string of the molecule is Cc1ccc(Nc2nccc(-c3sc(=O)[nH]c3C)n2)cc1[N+](=O)[O-]. The maximum absolute atomic E-state index is 11.4. The minimum atomic E-state index is -0.432. The summed E-state index contributed by atoms with van der Waals surface area (Å²) in [5.74, 6) is 0.297. The number of benzene rings is 1. The molecule has 9 heteroatoms. The Bertz CT molecular complexity index is 979. The van der Waals surface area contributed by atoms with Crippen molar-refractivity contribution in [2.45, 2.75) is 13.8 Å². The van der Waals surface area contributed by atoms with E-state index < -0.39 is 4.92 Å². The number of thiazole rings is 1. The molecule has 0 aliphatic heterocycles. The molecule has 0 radical (unpaired) electrons. The van der Waals surface area contributed by atoms with Crippen molar-refractivity contribution < 1.29 is 4.92 Å². The average molecular weight is 343 g/mol. The predicted octanol–water partition coefficient (Wildman–Crippen LogP) is 3.16. The zero-order chi connectivity index (χ0) is 17.3. The summed E-state index contributed by atoms with van der Waals surface area (Å²) in [4.78, 5) is 33.8. The maximum atomic E-state index is 11.4. The standard InChI is InChI=1S/C15H13N5O3S/c1-8-3-4-10(7-12(8)20(22)23)18-14-16-6-5-11(19-14)13-9(2)17-15(21)24-13/h3-7H,1-2H3,(H,17,21)(H,16,18,19). The Morgan fingerprint density at radius 1 is 1.29 bits per heavy atom. The number of rotatable bonds is 4. The van der Waals surface area contributed by atoms with Crippen molar-refractivity contribution in [1.82, 2.24) is 15.0 Å². The Hall–Kier alpha value is -3.07. The fourth-order valence-corrected chi connectivity index (χ4v) is 3.02. The molecular weight excluding hydrogens is 330 g/mol. The fourth-order valence-electron chi connectivity index (χ4n) is 2.21. The van der Waals surface area contributed by atoms with Gasteiger partial charge in [0, 0.05) is 29.2 Å². The van der Waals surface area contributed by atoms with Crippen LogP contribution in [0.4, 0.5) is 17.3 Å². The summed E-state index contributed by atoms with van der Waals surface area (Å²) in [6.45, 7) is 3.47. The summed E-state index contributed by atoms with van der Waals surface area (Å²) in [6, 6.07) is 6.52. The van der Waals surface area contributed by atoms with Crippen LogP contribution in [0, 0.1) is 24.0 Å². The second-order valence-corrected chi connectivity index (χ2v) is 6.10. The number of nitro benzene ring substituents is 1. The molecule has 3 rings (SSSR count). The zero-order valence-electron chi connectivity index (χ0n) is 12.9. The van der Waals surface area contributed by atoms with Gasteiger partial charge in [-0.1, -0.05) is 17.4 Å². The van der Waals surface area contributed by atoms with Crippen molar-refractivity contribution in [2.24, 2.45) is 0 Å². The number of hydrogen-bond acceptors (Lipinski definition) is 7. The predicted molar refractivity (Wildman–Crippen MR) is 91.8 cm³/mol. The van der Waals surface area contributed by atoms with Gasteiger partial charge in [-0.3, -0.25) is 14.9 Å². The molecule has 0 amide bonds. The molecule has 2 heterocycles. The number of H-pyrrole nitrogens is 1. The van der Waals surface area contributed by atoms with Crippen molar-refractivity contribution in [3.8, 4) is 10.6 Å². The molecule has 1 aromatic carbocycles. The van der Waals surface area contributed by atoms with E-state index in [1.807, 2.05) is 0 Å². The monoisotopic (exact) mass is 343 g/mol. The highest BCUT2D eigenvalue weighted by atomic mass is 32.1. The lowest BCUT2D eigenvalue weighted by molar-refractivity contribution is -0.385. The van der Waals surface area contributed by atoms with Crippen LogP contribution in [0.5, 0.6) is 0 Å². The first kappa shape index (κ1) is 15.8. The molecule has 24 heavy (non-hydrogen) atoms. The summed E-state index contributed by atoms with van der Waals surface area (Å²) in [5.41, 5.74) is 2.46. The molecule has 2 N–H and O–H groups in total. The molecule has 0 bridgehead atoms. The quantitative estimate of drug-likeness (QED) is 0.555. The van der Waals surface area contributed by atoms with E-state index in [2.05, 4.69) is 20.3 Å². The van der Waals surface area contributed by atoms with E-state index in [-0.39, 0.29) is 10.6 Å². The smallest absolute Gasteiger partial charge is 0.305 e. The molecule has 2 aromatic heterocycles. The van der Waals surface area contributed by atoms with E-state index in [0.29, 0.717) is 22.9 Å². The van der Waals surface area contributed by atoms with Gasteiger partial charge in [0.2, 0.25) is 5.95 Å². The van der Waals surface area contributed by atoms with Gasteiger partial charge in [-0.2, -0.15) is 0 Å². The topological polar surface area (TPSA) is 114 Å². The fraction of sp³-hybridized carbons (Fsp3) is 0.133. The minimum Gasteiger partial charge on any atom is -0.324 e. The number of nitro groups is 1. The van der Waals surface area contributed by atoms with E-state index >= 15 is 0 Å². The normalized spacial score (nSPS) is 10.6. The molecule has 0 unspecified atom stereocenters. The van der Waals surface area contributed by atoms with Gasteiger partial charge in [-0.05, 0) is 26.0 Å². The van der Waals surface area contributed by atoms with Crippen LogP contribution in [-0.4, -0.2) is 19.9 Å². The van der Waals surface area contributed by atoms with Crippen LogP contribution in [0.15, 0.2) is 35.3 Å². The van der Waals surface area contributed by atoms with Crippen LogP contribution in [0.1, 0.15) is 11.3 Å². The highest BCUT2D eigenvalue weighted by Crippen LogP contribution is 2.26. The second-order valence-electron chi connectivity index (χ2n) is 5.12. The molecule has 3 aromatic rings. The number of aryl methyl sites for hydroxylation is 2. The molecule has 122 valence electrons. The van der Waals surface area contributed by atoms with Gasteiger partial charge in [0.25, 0.3) is 5.69 Å². The van der Waals surface area contributed by atoms with Gasteiger partial charge >= 0.3 is 4.87 Å². The van der Waals surface area contributed by atoms with E-state index in [1.54, 1.807) is 38.2 Å². The highest BCUT2D eigenvalue weighted by Gasteiger charge is 2.13. The van der Waals surface area contributed by atoms with E-state index in [0.717, 1.165) is 21.9 Å². The Kier molecular flexibility index (Phi) is 4.09. The zero-order valence-corrected chi connectivity index (χ0v) is 13.7. The number of anilines is 2. The summed E-state index contributed by atoms with van der Waals surface area (Å²) < 4.78 is 0. The molecule has 0 saturated carbocycles. The summed E-state index contributed by atoms with van der Waals surface area (Å²) in [6.07, 6.45) is 1.57. The van der Waals surface area contributed by atoms with Crippen molar-refractivity contribution in [3.63, 3.8) is 0 Å². The molecule has 0 atom stereocenters. The summed E-state index contributed by atoms with van der Waals surface area (Å²) >= 11 is 1.07. The number of aromatic nitrogens is 3. The summed E-state index contributed by atoms with van der Waals surface area (Å²) in [7, 11) is 0. The first-order valence-electron chi connectivity index (χ1n) is 6.99. The molecule has 0 aliphatic rings. The lowest BCUT2D eigenvalue weighted by atomic mass is 10.2. The summed E-state index contributed by atoms with van der Waals surface area (Å²) in [5, 5.41) is 14.0. The van der Waals surface area contributed by atoms with Gasteiger partial charge < -0.3 is 10.3 Å². The third-order valence-electron chi connectivity index (χ3n) is 3.38. The first-order chi connectivity index (χ1) is 11.4. The van der Waals surface area contributed by atoms with Crippen molar-refractivity contribution in [2.75, 3.05) is 5.32 Å². The highest BCUT2D eigenvalue weighted by molar-refractivity contribution is 7.13.